The van der Waals surface area contributed by atoms with Crippen LogP contribution in [-0.2, 0) is 14.3 Å². The maximum atomic E-state index is 13.0. The molecule has 1 aliphatic heterocycles. The Hall–Kier alpha value is -2.99. The van der Waals surface area contributed by atoms with E-state index in [4.69, 9.17) is 4.74 Å². The molecule has 0 aliphatic carbocycles. The number of ketones is 1. The molecule has 2 aromatic carbocycles. The lowest BCUT2D eigenvalue weighted by atomic mass is 10.0. The Labute approximate surface area is 171 Å². The standard InChI is InChI=1S/C23H26N2O4/c1-17(21(27)19-9-5-3-6-10-19)24-13-15-25(16-14-24)23(28)22(29-18(2)26)20-11-7-4-8-12-20/h3-12,17,22H,13-16H2,1-2H3. The Bertz CT molecular complexity index is 846. The first-order valence-electron chi connectivity index (χ1n) is 9.81. The largest absolute Gasteiger partial charge is 0.447 e. The van der Waals surface area contributed by atoms with Gasteiger partial charge >= 0.3 is 5.97 Å². The second-order valence-corrected chi connectivity index (χ2v) is 7.17. The molecule has 2 aromatic rings. The molecule has 6 heteroatoms. The van der Waals surface area contributed by atoms with Crippen LogP contribution in [0.2, 0.25) is 0 Å². The molecule has 2 atom stereocenters. The van der Waals surface area contributed by atoms with Gasteiger partial charge in [0, 0.05) is 44.2 Å². The van der Waals surface area contributed by atoms with Crippen LogP contribution in [-0.4, -0.2) is 59.7 Å². The number of esters is 1. The number of nitrogens with zero attached hydrogens (tertiary/aromatic N) is 2. The Balaban J connectivity index is 1.63. The average Bonchev–Trinajstić information content (AvgIpc) is 2.77. The maximum absolute atomic E-state index is 13.0. The van der Waals surface area contributed by atoms with Crippen LogP contribution in [0.5, 0.6) is 0 Å². The number of rotatable bonds is 6. The van der Waals surface area contributed by atoms with Crippen LogP contribution in [0.1, 0.15) is 35.9 Å². The van der Waals surface area contributed by atoms with Crippen LogP contribution in [0.3, 0.4) is 0 Å². The van der Waals surface area contributed by atoms with Gasteiger partial charge in [0.05, 0.1) is 6.04 Å². The van der Waals surface area contributed by atoms with Gasteiger partial charge in [-0.1, -0.05) is 60.7 Å². The summed E-state index contributed by atoms with van der Waals surface area (Å²) in [7, 11) is 0. The minimum Gasteiger partial charge on any atom is -0.447 e. The smallest absolute Gasteiger partial charge is 0.303 e. The van der Waals surface area contributed by atoms with E-state index in [1.54, 1.807) is 17.0 Å². The first kappa shape index (κ1) is 20.7. The van der Waals surface area contributed by atoms with Crippen molar-refractivity contribution in [2.75, 3.05) is 26.2 Å². The van der Waals surface area contributed by atoms with Crippen molar-refractivity contribution in [2.45, 2.75) is 26.0 Å². The predicted molar refractivity (Wildman–Crippen MR) is 109 cm³/mol. The molecule has 3 rings (SSSR count). The van der Waals surface area contributed by atoms with E-state index >= 15 is 0 Å². The van der Waals surface area contributed by atoms with E-state index in [0.29, 0.717) is 37.3 Å². The van der Waals surface area contributed by atoms with Gasteiger partial charge < -0.3 is 9.64 Å². The van der Waals surface area contributed by atoms with Crippen LogP contribution in [0.15, 0.2) is 60.7 Å². The van der Waals surface area contributed by atoms with Gasteiger partial charge in [0.1, 0.15) is 0 Å². The number of hydrogen-bond acceptors (Lipinski definition) is 5. The van der Waals surface area contributed by atoms with E-state index in [0.717, 1.165) is 0 Å². The van der Waals surface area contributed by atoms with E-state index in [2.05, 4.69) is 4.90 Å². The highest BCUT2D eigenvalue weighted by atomic mass is 16.5. The van der Waals surface area contributed by atoms with Gasteiger partial charge in [-0.3, -0.25) is 19.3 Å². The summed E-state index contributed by atoms with van der Waals surface area (Å²) in [6, 6.07) is 18.0. The van der Waals surface area contributed by atoms with Crippen molar-refractivity contribution in [1.29, 1.82) is 0 Å². The Morgan fingerprint density at radius 3 is 1.97 bits per heavy atom. The fourth-order valence-electron chi connectivity index (χ4n) is 3.56. The lowest BCUT2D eigenvalue weighted by Gasteiger charge is -2.38. The van der Waals surface area contributed by atoms with Gasteiger partial charge in [0.25, 0.3) is 5.91 Å². The third-order valence-electron chi connectivity index (χ3n) is 5.22. The first-order chi connectivity index (χ1) is 14.0. The van der Waals surface area contributed by atoms with Gasteiger partial charge in [-0.15, -0.1) is 0 Å². The minimum atomic E-state index is -0.941. The number of carbonyl (C=O) groups excluding carboxylic acids is 3. The molecule has 0 aromatic heterocycles. The molecule has 29 heavy (non-hydrogen) atoms. The Morgan fingerprint density at radius 1 is 0.862 bits per heavy atom. The van der Waals surface area contributed by atoms with Crippen molar-refractivity contribution in [3.63, 3.8) is 0 Å². The summed E-state index contributed by atoms with van der Waals surface area (Å²) in [5.74, 6) is -0.645. The quantitative estimate of drug-likeness (QED) is 0.557. The molecule has 1 heterocycles. The average molecular weight is 394 g/mol. The van der Waals surface area contributed by atoms with Gasteiger partial charge in [0.15, 0.2) is 5.78 Å². The zero-order valence-corrected chi connectivity index (χ0v) is 16.8. The molecular formula is C23H26N2O4. The van der Waals surface area contributed by atoms with Crippen LogP contribution in [0.4, 0.5) is 0 Å². The van der Waals surface area contributed by atoms with Crippen LogP contribution in [0.25, 0.3) is 0 Å². The summed E-state index contributed by atoms with van der Waals surface area (Å²) in [6.07, 6.45) is -0.941. The number of ether oxygens (including phenoxy) is 1. The third-order valence-corrected chi connectivity index (χ3v) is 5.22. The van der Waals surface area contributed by atoms with E-state index in [9.17, 15) is 14.4 Å². The normalized spacial score (nSPS) is 16.7. The van der Waals surface area contributed by atoms with Crippen molar-refractivity contribution in [3.8, 4) is 0 Å². The minimum absolute atomic E-state index is 0.0763. The zero-order valence-electron chi connectivity index (χ0n) is 16.8. The molecule has 0 N–H and O–H groups in total. The fraction of sp³-hybridized carbons (Fsp3) is 0.348. The van der Waals surface area contributed by atoms with Crippen molar-refractivity contribution < 1.29 is 19.1 Å². The maximum Gasteiger partial charge on any atom is 0.303 e. The lowest BCUT2D eigenvalue weighted by Crippen LogP contribution is -2.54. The van der Waals surface area contributed by atoms with E-state index in [1.807, 2.05) is 55.5 Å². The molecule has 2 unspecified atom stereocenters. The molecule has 0 saturated carbocycles. The monoisotopic (exact) mass is 394 g/mol. The topological polar surface area (TPSA) is 66.9 Å². The molecular weight excluding hydrogens is 368 g/mol. The molecule has 1 amide bonds. The summed E-state index contributed by atoms with van der Waals surface area (Å²) >= 11 is 0. The highest BCUT2D eigenvalue weighted by Gasteiger charge is 2.33. The lowest BCUT2D eigenvalue weighted by molar-refractivity contribution is -0.160. The second kappa shape index (κ2) is 9.47. The zero-order chi connectivity index (χ0) is 20.8. The molecule has 152 valence electrons. The predicted octanol–water partition coefficient (Wildman–Crippen LogP) is 2.71. The summed E-state index contributed by atoms with van der Waals surface area (Å²) in [4.78, 5) is 41.0. The third kappa shape index (κ3) is 5.09. The van der Waals surface area contributed by atoms with Gasteiger partial charge in [-0.05, 0) is 6.92 Å². The summed E-state index contributed by atoms with van der Waals surface area (Å²) in [6.45, 7) is 5.35. The van der Waals surface area contributed by atoms with Crippen molar-refractivity contribution in [2.24, 2.45) is 0 Å². The molecule has 0 spiro atoms. The van der Waals surface area contributed by atoms with Crippen LogP contribution < -0.4 is 0 Å². The van der Waals surface area contributed by atoms with E-state index < -0.39 is 12.1 Å². The van der Waals surface area contributed by atoms with Crippen molar-refractivity contribution in [3.05, 3.63) is 71.8 Å². The van der Waals surface area contributed by atoms with Crippen molar-refractivity contribution >= 4 is 17.7 Å². The highest BCUT2D eigenvalue weighted by Crippen LogP contribution is 2.22. The van der Waals surface area contributed by atoms with Gasteiger partial charge in [-0.25, -0.2) is 0 Å². The number of piperazine rings is 1. The van der Waals surface area contributed by atoms with Crippen LogP contribution in [0, 0.1) is 0 Å². The fourth-order valence-corrected chi connectivity index (χ4v) is 3.56. The summed E-state index contributed by atoms with van der Waals surface area (Å²) in [5, 5.41) is 0. The Morgan fingerprint density at radius 2 is 1.41 bits per heavy atom. The Kier molecular flexibility index (Phi) is 6.77. The molecule has 1 saturated heterocycles. The molecule has 0 radical (unpaired) electrons. The molecule has 1 fully saturated rings. The highest BCUT2D eigenvalue weighted by molar-refractivity contribution is 5.99. The van der Waals surface area contributed by atoms with Crippen molar-refractivity contribution in [1.82, 2.24) is 9.80 Å². The van der Waals surface area contributed by atoms with E-state index in [1.165, 1.54) is 6.92 Å². The van der Waals surface area contributed by atoms with E-state index in [-0.39, 0.29) is 17.7 Å². The summed E-state index contributed by atoms with van der Waals surface area (Å²) in [5.41, 5.74) is 1.35. The molecule has 0 bridgehead atoms. The number of hydrogen-bond donors (Lipinski definition) is 0. The molecule has 1 aliphatic rings. The first-order valence-corrected chi connectivity index (χ1v) is 9.81. The molecule has 6 nitrogen and oxygen atoms in total. The number of benzene rings is 2. The second-order valence-electron chi connectivity index (χ2n) is 7.17. The SMILES string of the molecule is CC(=O)OC(C(=O)N1CCN(C(C)C(=O)c2ccccc2)CC1)c1ccccc1. The number of amides is 1. The van der Waals surface area contributed by atoms with Gasteiger partial charge in [0.2, 0.25) is 6.10 Å². The summed E-state index contributed by atoms with van der Waals surface area (Å²) < 4.78 is 5.32. The van der Waals surface area contributed by atoms with Gasteiger partial charge in [-0.2, -0.15) is 0 Å². The number of Topliss-reactive ketones (excluding diaryl/α,β-unsaturated/α-hetero) is 1. The number of carbonyl (C=O) groups is 3. The van der Waals surface area contributed by atoms with Crippen LogP contribution >= 0.6 is 0 Å².